The van der Waals surface area contributed by atoms with Crippen molar-refractivity contribution in [1.82, 2.24) is 4.31 Å². The molecular weight excluding hydrogens is 394 g/mol. The van der Waals surface area contributed by atoms with E-state index in [1.165, 1.54) is 0 Å². The number of hydrogen-bond acceptors (Lipinski definition) is 2. The fourth-order valence-electron chi connectivity index (χ4n) is 2.95. The predicted octanol–water partition coefficient (Wildman–Crippen LogP) is 3.00. The van der Waals surface area contributed by atoms with Crippen LogP contribution in [0.25, 0.3) is 0 Å². The maximum absolute atomic E-state index is 12.6. The number of fused-ring (bicyclic) bond motifs is 1. The van der Waals surface area contributed by atoms with E-state index in [9.17, 15) is 8.42 Å². The van der Waals surface area contributed by atoms with Gasteiger partial charge in [-0.25, -0.2) is 8.42 Å². The van der Waals surface area contributed by atoms with Gasteiger partial charge in [0.25, 0.3) is 0 Å². The third-order valence-corrected chi connectivity index (χ3v) is 8.70. The van der Waals surface area contributed by atoms with Gasteiger partial charge in [-0.05, 0) is 30.9 Å². The van der Waals surface area contributed by atoms with Crippen LogP contribution >= 0.6 is 31.9 Å². The molecule has 3 nitrogen and oxygen atoms in total. The second-order valence-electron chi connectivity index (χ2n) is 5.22. The summed E-state index contributed by atoms with van der Waals surface area (Å²) in [4.78, 5) is 1.21. The Kier molecular flexibility index (Phi) is 3.79. The van der Waals surface area contributed by atoms with Gasteiger partial charge < -0.3 is 0 Å². The molecule has 0 spiro atoms. The van der Waals surface area contributed by atoms with Crippen LogP contribution in [-0.2, 0) is 10.0 Å². The molecule has 1 heterocycles. The second kappa shape index (κ2) is 5.13. The van der Waals surface area contributed by atoms with Gasteiger partial charge in [0.2, 0.25) is 10.0 Å². The molecule has 1 aliphatic carbocycles. The number of benzene rings is 1. The molecule has 0 bridgehead atoms. The molecule has 6 heteroatoms. The number of alkyl halides is 2. The molecular formula is C13H15Br2NO2S. The molecule has 1 aliphatic heterocycles. The summed E-state index contributed by atoms with van der Waals surface area (Å²) >= 11 is 7.29. The van der Waals surface area contributed by atoms with Gasteiger partial charge in [-0.1, -0.05) is 50.1 Å². The number of halogens is 2. The summed E-state index contributed by atoms with van der Waals surface area (Å²) in [5.41, 5.74) is 0. The summed E-state index contributed by atoms with van der Waals surface area (Å²) in [6.45, 7) is 0.656. The van der Waals surface area contributed by atoms with E-state index in [4.69, 9.17) is 0 Å². The highest BCUT2D eigenvalue weighted by molar-refractivity contribution is 9.12. The fourth-order valence-corrected chi connectivity index (χ4v) is 6.02. The van der Waals surface area contributed by atoms with Crippen LogP contribution < -0.4 is 0 Å². The molecule has 0 unspecified atom stereocenters. The molecule has 3 rings (SSSR count). The lowest BCUT2D eigenvalue weighted by molar-refractivity contribution is 0.0667. The van der Waals surface area contributed by atoms with Gasteiger partial charge in [-0.3, -0.25) is 0 Å². The Morgan fingerprint density at radius 2 is 1.68 bits per heavy atom. The zero-order chi connectivity index (χ0) is 13.6. The van der Waals surface area contributed by atoms with Crippen molar-refractivity contribution in [3.63, 3.8) is 0 Å². The monoisotopic (exact) mass is 407 g/mol. The molecule has 1 aromatic rings. The van der Waals surface area contributed by atoms with Gasteiger partial charge in [0, 0.05) is 22.2 Å². The summed E-state index contributed by atoms with van der Waals surface area (Å²) in [5, 5.41) is 0. The van der Waals surface area contributed by atoms with E-state index in [-0.39, 0.29) is 6.04 Å². The fraction of sp³-hybridized carbons (Fsp3) is 0.538. The molecule has 104 valence electrons. The Bertz CT molecular complexity index is 563. The zero-order valence-electron chi connectivity index (χ0n) is 10.2. The summed E-state index contributed by atoms with van der Waals surface area (Å²) in [6, 6.07) is 8.88. The van der Waals surface area contributed by atoms with Crippen LogP contribution in [0.15, 0.2) is 35.2 Å². The van der Waals surface area contributed by atoms with Gasteiger partial charge in [-0.15, -0.1) is 0 Å². The van der Waals surface area contributed by atoms with Gasteiger partial charge in [0.1, 0.15) is 0 Å². The minimum Gasteiger partial charge on any atom is -0.207 e. The lowest BCUT2D eigenvalue weighted by atomic mass is 9.79. The van der Waals surface area contributed by atoms with Crippen LogP contribution in [0.1, 0.15) is 12.8 Å². The minimum atomic E-state index is -3.32. The Balaban J connectivity index is 1.82. The Hall–Kier alpha value is 0.0900. The van der Waals surface area contributed by atoms with E-state index >= 15 is 0 Å². The van der Waals surface area contributed by atoms with Crippen molar-refractivity contribution in [2.75, 3.05) is 6.54 Å². The highest BCUT2D eigenvalue weighted by Crippen LogP contribution is 2.44. The number of nitrogens with zero attached hydrogens (tertiary/aromatic N) is 1. The number of hydrogen-bond donors (Lipinski definition) is 0. The minimum absolute atomic E-state index is 0.156. The van der Waals surface area contributed by atoms with E-state index in [1.807, 2.05) is 6.07 Å². The smallest absolute Gasteiger partial charge is 0.207 e. The Morgan fingerprint density at radius 1 is 1.05 bits per heavy atom. The summed E-state index contributed by atoms with van der Waals surface area (Å²) < 4.78 is 26.8. The SMILES string of the molecule is O=S(=O)(c1ccccc1)N1C[C@@H]2C[C@H](Br)[C@@H](Br)C[C@H]21. The van der Waals surface area contributed by atoms with Crippen molar-refractivity contribution < 1.29 is 8.42 Å². The Morgan fingerprint density at radius 3 is 2.37 bits per heavy atom. The molecule has 0 radical (unpaired) electrons. The number of rotatable bonds is 2. The third-order valence-electron chi connectivity index (χ3n) is 4.07. The molecule has 0 N–H and O–H groups in total. The molecule has 1 aromatic carbocycles. The van der Waals surface area contributed by atoms with E-state index in [2.05, 4.69) is 31.9 Å². The lowest BCUT2D eigenvalue weighted by Crippen LogP contribution is -2.62. The first kappa shape index (κ1) is 14.0. The molecule has 0 aromatic heterocycles. The lowest BCUT2D eigenvalue weighted by Gasteiger charge is -2.52. The maximum atomic E-state index is 12.6. The van der Waals surface area contributed by atoms with Crippen LogP contribution in [0.3, 0.4) is 0 Å². The van der Waals surface area contributed by atoms with Crippen molar-refractivity contribution in [3.8, 4) is 0 Å². The van der Waals surface area contributed by atoms with Gasteiger partial charge >= 0.3 is 0 Å². The van der Waals surface area contributed by atoms with E-state index in [1.54, 1.807) is 28.6 Å². The molecule has 19 heavy (non-hydrogen) atoms. The Labute approximate surface area is 130 Å². The molecule has 1 saturated heterocycles. The van der Waals surface area contributed by atoms with Crippen molar-refractivity contribution in [2.45, 2.75) is 33.4 Å². The van der Waals surface area contributed by atoms with Crippen LogP contribution in [0, 0.1) is 5.92 Å². The average molecular weight is 409 g/mol. The first-order valence-electron chi connectivity index (χ1n) is 6.35. The first-order chi connectivity index (χ1) is 9.00. The normalized spacial score (nSPS) is 35.5. The van der Waals surface area contributed by atoms with Crippen LogP contribution in [0.4, 0.5) is 0 Å². The second-order valence-corrected chi connectivity index (χ2v) is 9.46. The van der Waals surface area contributed by atoms with Crippen molar-refractivity contribution in [1.29, 1.82) is 0 Å². The summed E-state index contributed by atoms with van der Waals surface area (Å²) in [7, 11) is -3.32. The highest BCUT2D eigenvalue weighted by atomic mass is 79.9. The summed E-state index contributed by atoms with van der Waals surface area (Å²) in [5.74, 6) is 0.497. The summed E-state index contributed by atoms with van der Waals surface area (Å²) in [6.07, 6.45) is 1.92. The van der Waals surface area contributed by atoms with E-state index < -0.39 is 10.0 Å². The zero-order valence-corrected chi connectivity index (χ0v) is 14.2. The molecule has 0 amide bonds. The van der Waals surface area contributed by atoms with Crippen LogP contribution in [0.5, 0.6) is 0 Å². The molecule has 2 fully saturated rings. The van der Waals surface area contributed by atoms with Crippen LogP contribution in [0.2, 0.25) is 0 Å². The highest BCUT2D eigenvalue weighted by Gasteiger charge is 2.50. The van der Waals surface area contributed by atoms with Crippen LogP contribution in [-0.4, -0.2) is 35.0 Å². The maximum Gasteiger partial charge on any atom is 0.243 e. The topological polar surface area (TPSA) is 37.4 Å². The molecule has 1 saturated carbocycles. The standard InChI is InChI=1S/C13H15Br2NO2S/c14-11-6-9-8-16(13(9)7-12(11)15)19(17,18)10-4-2-1-3-5-10/h1-5,9,11-13H,6-8H2/t9-,11-,12-,13+/m0/s1. The van der Waals surface area contributed by atoms with Gasteiger partial charge in [0.05, 0.1) is 4.90 Å². The average Bonchev–Trinajstić information content (AvgIpc) is 2.39. The third kappa shape index (κ3) is 2.41. The largest absolute Gasteiger partial charge is 0.243 e. The van der Waals surface area contributed by atoms with Gasteiger partial charge in [-0.2, -0.15) is 4.31 Å². The predicted molar refractivity (Wildman–Crippen MR) is 82.3 cm³/mol. The van der Waals surface area contributed by atoms with E-state index in [0.717, 1.165) is 12.8 Å². The number of sulfonamides is 1. The first-order valence-corrected chi connectivity index (χ1v) is 9.62. The quantitative estimate of drug-likeness (QED) is 0.705. The molecule has 2 aliphatic rings. The van der Waals surface area contributed by atoms with Gasteiger partial charge in [0.15, 0.2) is 0 Å². The van der Waals surface area contributed by atoms with E-state index in [0.29, 0.717) is 27.0 Å². The molecule has 4 atom stereocenters. The van der Waals surface area contributed by atoms with Crippen molar-refractivity contribution >= 4 is 41.9 Å². The van der Waals surface area contributed by atoms with Crippen molar-refractivity contribution in [2.24, 2.45) is 5.92 Å². The van der Waals surface area contributed by atoms with Crippen molar-refractivity contribution in [3.05, 3.63) is 30.3 Å².